The minimum absolute atomic E-state index is 0.486. The molecule has 16 heavy (non-hydrogen) atoms. The van der Waals surface area contributed by atoms with Crippen molar-refractivity contribution < 1.29 is 4.74 Å². The predicted octanol–water partition coefficient (Wildman–Crippen LogP) is 3.58. The second-order valence-electron chi connectivity index (χ2n) is 4.33. The van der Waals surface area contributed by atoms with Crippen molar-refractivity contribution in [2.45, 2.75) is 32.2 Å². The van der Waals surface area contributed by atoms with Crippen LogP contribution in [0.5, 0.6) is 5.75 Å². The van der Waals surface area contributed by atoms with E-state index in [-0.39, 0.29) is 0 Å². The van der Waals surface area contributed by atoms with Crippen LogP contribution < -0.4 is 10.1 Å². The molecule has 1 atom stereocenters. The monoisotopic (exact) mass is 283 g/mol. The van der Waals surface area contributed by atoms with Crippen molar-refractivity contribution in [1.29, 1.82) is 0 Å². The summed E-state index contributed by atoms with van der Waals surface area (Å²) in [7, 11) is 1.73. The number of hydrogen-bond donors (Lipinski definition) is 1. The van der Waals surface area contributed by atoms with E-state index in [1.165, 1.54) is 30.4 Å². The topological polar surface area (TPSA) is 21.3 Å². The van der Waals surface area contributed by atoms with Gasteiger partial charge in [0.15, 0.2) is 0 Å². The molecule has 1 fully saturated rings. The Balaban J connectivity index is 2.29. The van der Waals surface area contributed by atoms with E-state index in [1.54, 1.807) is 7.11 Å². The Bertz CT molecular complexity index is 372. The summed E-state index contributed by atoms with van der Waals surface area (Å²) in [6.45, 7) is 3.19. The van der Waals surface area contributed by atoms with Crippen LogP contribution >= 0.6 is 15.9 Å². The van der Waals surface area contributed by atoms with Gasteiger partial charge in [-0.15, -0.1) is 0 Å². The van der Waals surface area contributed by atoms with E-state index in [0.29, 0.717) is 6.04 Å². The molecule has 3 heteroatoms. The third-order valence-electron chi connectivity index (χ3n) is 3.25. The summed E-state index contributed by atoms with van der Waals surface area (Å²) in [5.41, 5.74) is 2.50. The molecule has 1 aliphatic heterocycles. The number of rotatable bonds is 2. The van der Waals surface area contributed by atoms with Gasteiger partial charge in [-0.2, -0.15) is 0 Å². The molecule has 1 aliphatic rings. The van der Waals surface area contributed by atoms with Gasteiger partial charge < -0.3 is 10.1 Å². The van der Waals surface area contributed by atoms with Gasteiger partial charge >= 0.3 is 0 Å². The molecule has 1 aromatic carbocycles. The van der Waals surface area contributed by atoms with E-state index in [2.05, 4.69) is 40.3 Å². The summed E-state index contributed by atoms with van der Waals surface area (Å²) in [6.07, 6.45) is 3.82. The first-order chi connectivity index (χ1) is 7.72. The van der Waals surface area contributed by atoms with E-state index in [1.807, 2.05) is 0 Å². The summed E-state index contributed by atoms with van der Waals surface area (Å²) < 4.78 is 6.53. The van der Waals surface area contributed by atoms with E-state index in [4.69, 9.17) is 4.74 Å². The van der Waals surface area contributed by atoms with Gasteiger partial charge in [0.1, 0.15) is 5.75 Å². The lowest BCUT2D eigenvalue weighted by atomic mass is 9.96. The van der Waals surface area contributed by atoms with Crippen molar-refractivity contribution in [1.82, 2.24) is 5.32 Å². The van der Waals surface area contributed by atoms with Crippen molar-refractivity contribution >= 4 is 15.9 Å². The van der Waals surface area contributed by atoms with Crippen molar-refractivity contribution in [3.63, 3.8) is 0 Å². The molecule has 1 aromatic rings. The molecule has 0 radical (unpaired) electrons. The average molecular weight is 284 g/mol. The normalized spacial score (nSPS) is 20.8. The number of nitrogens with one attached hydrogen (secondary N) is 1. The summed E-state index contributed by atoms with van der Waals surface area (Å²) >= 11 is 3.60. The Labute approximate surface area is 106 Å². The zero-order valence-electron chi connectivity index (χ0n) is 9.85. The smallest absolute Gasteiger partial charge is 0.123 e. The first kappa shape index (κ1) is 11.9. The van der Waals surface area contributed by atoms with Crippen LogP contribution in [-0.4, -0.2) is 13.7 Å². The number of hydrogen-bond acceptors (Lipinski definition) is 2. The SMILES string of the molecule is COc1cc(C2CCCCN2)cc(Br)c1C. The van der Waals surface area contributed by atoms with Crippen molar-refractivity contribution in [3.8, 4) is 5.75 Å². The lowest BCUT2D eigenvalue weighted by Crippen LogP contribution is -2.26. The number of benzene rings is 1. The fourth-order valence-corrected chi connectivity index (χ4v) is 2.68. The molecule has 0 spiro atoms. The highest BCUT2D eigenvalue weighted by Crippen LogP contribution is 2.32. The van der Waals surface area contributed by atoms with Gasteiger partial charge in [-0.3, -0.25) is 0 Å². The standard InChI is InChI=1S/C13H18BrNO/c1-9-11(14)7-10(8-13(9)16-2)12-5-3-4-6-15-12/h7-8,12,15H,3-6H2,1-2H3. The molecule has 2 nitrogen and oxygen atoms in total. The molecule has 0 bridgehead atoms. The lowest BCUT2D eigenvalue weighted by Gasteiger charge is -2.25. The highest BCUT2D eigenvalue weighted by Gasteiger charge is 2.17. The Morgan fingerprint density at radius 3 is 2.81 bits per heavy atom. The largest absolute Gasteiger partial charge is 0.496 e. The fourth-order valence-electron chi connectivity index (χ4n) is 2.22. The van der Waals surface area contributed by atoms with Crippen LogP contribution in [0.15, 0.2) is 16.6 Å². The maximum atomic E-state index is 5.40. The Morgan fingerprint density at radius 2 is 2.19 bits per heavy atom. The highest BCUT2D eigenvalue weighted by atomic mass is 79.9. The third-order valence-corrected chi connectivity index (χ3v) is 4.08. The zero-order chi connectivity index (χ0) is 11.5. The van der Waals surface area contributed by atoms with Crippen molar-refractivity contribution in [3.05, 3.63) is 27.7 Å². The zero-order valence-corrected chi connectivity index (χ0v) is 11.4. The Kier molecular flexibility index (Phi) is 3.87. The second-order valence-corrected chi connectivity index (χ2v) is 5.19. The van der Waals surface area contributed by atoms with Crippen LogP contribution in [0.3, 0.4) is 0 Å². The van der Waals surface area contributed by atoms with Crippen molar-refractivity contribution in [2.75, 3.05) is 13.7 Å². The maximum absolute atomic E-state index is 5.40. The van der Waals surface area contributed by atoms with E-state index < -0.39 is 0 Å². The van der Waals surface area contributed by atoms with E-state index in [9.17, 15) is 0 Å². The maximum Gasteiger partial charge on any atom is 0.123 e. The highest BCUT2D eigenvalue weighted by molar-refractivity contribution is 9.10. The van der Waals surface area contributed by atoms with Gasteiger partial charge in [-0.05, 0) is 44.0 Å². The van der Waals surface area contributed by atoms with Gasteiger partial charge in [0.25, 0.3) is 0 Å². The quantitative estimate of drug-likeness (QED) is 0.896. The van der Waals surface area contributed by atoms with Gasteiger partial charge in [0.2, 0.25) is 0 Å². The minimum Gasteiger partial charge on any atom is -0.496 e. The van der Waals surface area contributed by atoms with Gasteiger partial charge in [-0.25, -0.2) is 0 Å². The molecule has 0 aromatic heterocycles. The summed E-state index contributed by atoms with van der Waals surface area (Å²) in [4.78, 5) is 0. The van der Waals surface area contributed by atoms with Gasteiger partial charge in [0.05, 0.1) is 7.11 Å². The van der Waals surface area contributed by atoms with Crippen LogP contribution in [0, 0.1) is 6.92 Å². The Hall–Kier alpha value is -0.540. The predicted molar refractivity (Wildman–Crippen MR) is 70.0 cm³/mol. The first-order valence-corrected chi connectivity index (χ1v) is 6.59. The molecule has 1 saturated heterocycles. The molecule has 0 saturated carbocycles. The molecular weight excluding hydrogens is 266 g/mol. The van der Waals surface area contributed by atoms with Crippen LogP contribution in [0.1, 0.15) is 36.4 Å². The summed E-state index contributed by atoms with van der Waals surface area (Å²) in [6, 6.07) is 4.85. The lowest BCUT2D eigenvalue weighted by molar-refractivity contribution is 0.398. The minimum atomic E-state index is 0.486. The number of piperidine rings is 1. The van der Waals surface area contributed by atoms with Crippen LogP contribution in [0.2, 0.25) is 0 Å². The van der Waals surface area contributed by atoms with Gasteiger partial charge in [0, 0.05) is 16.1 Å². The van der Waals surface area contributed by atoms with E-state index in [0.717, 1.165) is 16.8 Å². The second kappa shape index (κ2) is 5.19. The summed E-state index contributed by atoms with van der Waals surface area (Å²) in [5.74, 6) is 0.969. The van der Waals surface area contributed by atoms with Gasteiger partial charge in [-0.1, -0.05) is 22.4 Å². The summed E-state index contributed by atoms with van der Waals surface area (Å²) in [5, 5.41) is 3.56. The molecule has 1 unspecified atom stereocenters. The fraction of sp³-hybridized carbons (Fsp3) is 0.538. The number of methoxy groups -OCH3 is 1. The molecular formula is C13H18BrNO. The van der Waals surface area contributed by atoms with E-state index >= 15 is 0 Å². The third kappa shape index (κ3) is 2.41. The molecule has 0 amide bonds. The molecule has 1 N–H and O–H groups in total. The van der Waals surface area contributed by atoms with Crippen molar-refractivity contribution in [2.24, 2.45) is 0 Å². The van der Waals surface area contributed by atoms with Crippen LogP contribution in [0.4, 0.5) is 0 Å². The Morgan fingerprint density at radius 1 is 1.38 bits per heavy atom. The molecule has 88 valence electrons. The average Bonchev–Trinajstić information content (AvgIpc) is 2.33. The molecule has 2 rings (SSSR count). The molecule has 1 heterocycles. The number of halogens is 1. The van der Waals surface area contributed by atoms with Crippen LogP contribution in [-0.2, 0) is 0 Å². The molecule has 0 aliphatic carbocycles. The number of ether oxygens (including phenoxy) is 1. The first-order valence-electron chi connectivity index (χ1n) is 5.80. The van der Waals surface area contributed by atoms with Crippen LogP contribution in [0.25, 0.3) is 0 Å².